The predicted molar refractivity (Wildman–Crippen MR) is 73.0 cm³/mol. The zero-order chi connectivity index (χ0) is 13.3. The van der Waals surface area contributed by atoms with Gasteiger partial charge in [-0.2, -0.15) is 17.6 Å². The van der Waals surface area contributed by atoms with Crippen molar-refractivity contribution in [1.82, 2.24) is 9.19 Å². The summed E-state index contributed by atoms with van der Waals surface area (Å²) in [4.78, 5) is 0.238. The fraction of sp³-hybridized carbons (Fsp3) is 0.250. The molecule has 0 aliphatic heterocycles. The maximum absolute atomic E-state index is 12.2. The molecule has 0 amide bonds. The van der Waals surface area contributed by atoms with Crippen LogP contribution in [0.3, 0.4) is 0 Å². The summed E-state index contributed by atoms with van der Waals surface area (Å²) in [5.41, 5.74) is 1.11. The average molecular weight is 329 g/mol. The Kier molecular flexibility index (Phi) is 3.59. The van der Waals surface area contributed by atoms with Gasteiger partial charge in [-0.3, -0.25) is 0 Å². The monoisotopic (exact) mass is 328 g/mol. The Bertz CT molecular complexity index is 645. The fourth-order valence-electron chi connectivity index (χ4n) is 1.55. The van der Waals surface area contributed by atoms with Crippen LogP contribution in [0.2, 0.25) is 0 Å². The van der Waals surface area contributed by atoms with E-state index in [1.54, 1.807) is 12.1 Å². The molecule has 0 saturated heterocycles. The summed E-state index contributed by atoms with van der Waals surface area (Å²) in [6.07, 6.45) is 2.87. The van der Waals surface area contributed by atoms with Gasteiger partial charge in [0.25, 0.3) is 10.0 Å². The minimum Gasteiger partial charge on any atom is -0.199 e. The van der Waals surface area contributed by atoms with Crippen LogP contribution in [0.15, 0.2) is 46.0 Å². The standard InChI is InChI=1S/C12H13BrN2O2S/c1-9(2)10-3-5-12(6-4-10)18(16,17)15-8-11(13)7-14-15/h3-9H,1-2H3. The highest BCUT2D eigenvalue weighted by Crippen LogP contribution is 2.19. The summed E-state index contributed by atoms with van der Waals surface area (Å²) in [5.74, 6) is 0.376. The molecule has 0 N–H and O–H groups in total. The molecular formula is C12H13BrN2O2S. The Morgan fingerprint density at radius 1 is 1.22 bits per heavy atom. The van der Waals surface area contributed by atoms with Gasteiger partial charge >= 0.3 is 0 Å². The molecule has 96 valence electrons. The first-order chi connectivity index (χ1) is 8.41. The summed E-state index contributed by atoms with van der Waals surface area (Å²) < 4.78 is 26.0. The van der Waals surface area contributed by atoms with Crippen molar-refractivity contribution in [1.29, 1.82) is 0 Å². The zero-order valence-electron chi connectivity index (χ0n) is 10.0. The lowest BCUT2D eigenvalue weighted by atomic mass is 10.0. The average Bonchev–Trinajstić information content (AvgIpc) is 2.76. The first kappa shape index (κ1) is 13.3. The summed E-state index contributed by atoms with van der Waals surface area (Å²) in [7, 11) is -3.59. The molecule has 1 aromatic carbocycles. The summed E-state index contributed by atoms with van der Waals surface area (Å²) in [6, 6.07) is 6.88. The van der Waals surface area contributed by atoms with E-state index in [1.165, 1.54) is 12.4 Å². The van der Waals surface area contributed by atoms with Crippen LogP contribution in [0.5, 0.6) is 0 Å². The number of benzene rings is 1. The largest absolute Gasteiger partial charge is 0.282 e. The Hall–Kier alpha value is -1.14. The van der Waals surface area contributed by atoms with Crippen LogP contribution < -0.4 is 0 Å². The van der Waals surface area contributed by atoms with Gasteiger partial charge in [-0.25, -0.2) is 0 Å². The lowest BCUT2D eigenvalue weighted by molar-refractivity contribution is 0.580. The summed E-state index contributed by atoms with van der Waals surface area (Å²) in [6.45, 7) is 4.13. The molecule has 2 rings (SSSR count). The third kappa shape index (κ3) is 2.49. The number of aromatic nitrogens is 2. The van der Waals surface area contributed by atoms with Gasteiger partial charge < -0.3 is 0 Å². The van der Waals surface area contributed by atoms with E-state index in [1.807, 2.05) is 12.1 Å². The molecule has 0 aliphatic carbocycles. The van der Waals surface area contributed by atoms with Crippen molar-refractivity contribution in [2.75, 3.05) is 0 Å². The number of rotatable bonds is 3. The molecule has 0 atom stereocenters. The van der Waals surface area contributed by atoms with E-state index in [4.69, 9.17) is 0 Å². The van der Waals surface area contributed by atoms with E-state index < -0.39 is 10.0 Å². The normalized spacial score (nSPS) is 12.0. The first-order valence-corrected chi connectivity index (χ1v) is 7.70. The van der Waals surface area contributed by atoms with Gasteiger partial charge in [0.1, 0.15) is 0 Å². The van der Waals surface area contributed by atoms with Crippen molar-refractivity contribution >= 4 is 26.0 Å². The predicted octanol–water partition coefficient (Wildman–Crippen LogP) is 3.01. The minimum atomic E-state index is -3.59. The van der Waals surface area contributed by atoms with Gasteiger partial charge in [-0.05, 0) is 39.5 Å². The third-order valence-electron chi connectivity index (χ3n) is 2.62. The SMILES string of the molecule is CC(C)c1ccc(S(=O)(=O)n2cc(Br)cn2)cc1. The van der Waals surface area contributed by atoms with Crippen molar-refractivity contribution < 1.29 is 8.42 Å². The van der Waals surface area contributed by atoms with Crippen LogP contribution in [0, 0.1) is 0 Å². The Labute approximate surface area is 115 Å². The molecule has 1 aromatic heterocycles. The smallest absolute Gasteiger partial charge is 0.199 e. The molecule has 1 heterocycles. The summed E-state index contributed by atoms with van der Waals surface area (Å²) in [5, 5.41) is 3.80. The zero-order valence-corrected chi connectivity index (χ0v) is 12.4. The minimum absolute atomic E-state index is 0.238. The highest BCUT2D eigenvalue weighted by molar-refractivity contribution is 9.10. The highest BCUT2D eigenvalue weighted by Gasteiger charge is 2.17. The maximum Gasteiger partial charge on any atom is 0.282 e. The number of nitrogens with zero attached hydrogens (tertiary/aromatic N) is 2. The second-order valence-electron chi connectivity index (χ2n) is 4.26. The van der Waals surface area contributed by atoms with E-state index in [-0.39, 0.29) is 4.90 Å². The van der Waals surface area contributed by atoms with E-state index in [9.17, 15) is 8.42 Å². The van der Waals surface area contributed by atoms with Crippen LogP contribution in [0.25, 0.3) is 0 Å². The van der Waals surface area contributed by atoms with E-state index in [2.05, 4.69) is 34.9 Å². The van der Waals surface area contributed by atoms with Crippen molar-refractivity contribution in [2.45, 2.75) is 24.7 Å². The topological polar surface area (TPSA) is 52.0 Å². The van der Waals surface area contributed by atoms with Crippen molar-refractivity contribution in [2.24, 2.45) is 0 Å². The third-order valence-corrected chi connectivity index (χ3v) is 4.59. The molecule has 0 fully saturated rings. The van der Waals surface area contributed by atoms with E-state index in [0.717, 1.165) is 9.65 Å². The van der Waals surface area contributed by atoms with Gasteiger partial charge in [0.05, 0.1) is 21.8 Å². The lowest BCUT2D eigenvalue weighted by Gasteiger charge is -2.07. The number of halogens is 1. The van der Waals surface area contributed by atoms with E-state index >= 15 is 0 Å². The molecular weight excluding hydrogens is 316 g/mol. The molecule has 0 radical (unpaired) electrons. The Morgan fingerprint density at radius 2 is 1.83 bits per heavy atom. The van der Waals surface area contributed by atoms with Crippen LogP contribution in [-0.4, -0.2) is 17.6 Å². The molecule has 0 unspecified atom stereocenters. The fourth-order valence-corrected chi connectivity index (χ4v) is 3.09. The van der Waals surface area contributed by atoms with E-state index in [0.29, 0.717) is 10.4 Å². The van der Waals surface area contributed by atoms with Gasteiger partial charge in [0.15, 0.2) is 0 Å². The van der Waals surface area contributed by atoms with Crippen LogP contribution in [0.1, 0.15) is 25.3 Å². The maximum atomic E-state index is 12.2. The Balaban J connectivity index is 2.42. The highest BCUT2D eigenvalue weighted by atomic mass is 79.9. The second-order valence-corrected chi connectivity index (χ2v) is 6.97. The Morgan fingerprint density at radius 3 is 2.28 bits per heavy atom. The van der Waals surface area contributed by atoms with Crippen molar-refractivity contribution in [3.05, 3.63) is 46.7 Å². The van der Waals surface area contributed by atoms with Gasteiger partial charge in [0.2, 0.25) is 0 Å². The molecule has 0 spiro atoms. The molecule has 0 aliphatic rings. The molecule has 6 heteroatoms. The van der Waals surface area contributed by atoms with Gasteiger partial charge in [-0.15, -0.1) is 0 Å². The summed E-state index contributed by atoms with van der Waals surface area (Å²) >= 11 is 3.18. The second kappa shape index (κ2) is 4.85. The quantitative estimate of drug-likeness (QED) is 0.870. The van der Waals surface area contributed by atoms with Gasteiger partial charge in [0, 0.05) is 0 Å². The molecule has 0 saturated carbocycles. The van der Waals surface area contributed by atoms with Crippen LogP contribution in [0.4, 0.5) is 0 Å². The molecule has 2 aromatic rings. The van der Waals surface area contributed by atoms with Crippen molar-refractivity contribution in [3.8, 4) is 0 Å². The van der Waals surface area contributed by atoms with Gasteiger partial charge in [-0.1, -0.05) is 26.0 Å². The molecule has 4 nitrogen and oxygen atoms in total. The lowest BCUT2D eigenvalue weighted by Crippen LogP contribution is -2.13. The van der Waals surface area contributed by atoms with Crippen LogP contribution >= 0.6 is 15.9 Å². The van der Waals surface area contributed by atoms with Crippen LogP contribution in [-0.2, 0) is 10.0 Å². The molecule has 0 bridgehead atoms. The number of hydrogen-bond acceptors (Lipinski definition) is 3. The number of hydrogen-bond donors (Lipinski definition) is 0. The first-order valence-electron chi connectivity index (χ1n) is 5.47. The van der Waals surface area contributed by atoms with Crippen molar-refractivity contribution in [3.63, 3.8) is 0 Å². The molecule has 18 heavy (non-hydrogen) atoms.